The molecule has 1 aromatic rings. The summed E-state index contributed by atoms with van der Waals surface area (Å²) in [6.07, 6.45) is 0. The Balaban J connectivity index is 2.68. The van der Waals surface area contributed by atoms with E-state index in [1.54, 1.807) is 19.1 Å². The molecule has 0 aromatic heterocycles. The number of carboxylic acid groups (broad SMARTS) is 1. The van der Waals surface area contributed by atoms with Gasteiger partial charge in [-0.2, -0.15) is 0 Å². The van der Waals surface area contributed by atoms with Gasteiger partial charge in [0.1, 0.15) is 0 Å². The Morgan fingerprint density at radius 1 is 1.25 bits per heavy atom. The standard InChI is InChI=1S/C13H16Cl2N2O3/c1-7-4-9(15)10(5-8(7)14)17-12(20)16-6-13(2,3)11(18)19/h4-5H,6H2,1-3H3,(H,18,19)(H2,16,17,20). The number of hydrogen-bond acceptors (Lipinski definition) is 2. The summed E-state index contributed by atoms with van der Waals surface area (Å²) < 4.78 is 0. The number of nitrogens with one attached hydrogen (secondary N) is 2. The van der Waals surface area contributed by atoms with Crippen molar-refractivity contribution in [2.75, 3.05) is 11.9 Å². The van der Waals surface area contributed by atoms with Gasteiger partial charge in [-0.1, -0.05) is 23.2 Å². The minimum atomic E-state index is -1.05. The van der Waals surface area contributed by atoms with E-state index in [0.29, 0.717) is 15.7 Å². The predicted octanol–water partition coefficient (Wildman–Crippen LogP) is 3.53. The normalized spacial score (nSPS) is 11.1. The molecule has 0 unspecified atom stereocenters. The first-order valence-electron chi connectivity index (χ1n) is 5.87. The molecular formula is C13H16Cl2N2O3. The number of carbonyl (C=O) groups is 2. The van der Waals surface area contributed by atoms with Crippen LogP contribution in [0, 0.1) is 12.3 Å². The van der Waals surface area contributed by atoms with Gasteiger partial charge in [-0.15, -0.1) is 0 Å². The Morgan fingerprint density at radius 2 is 1.85 bits per heavy atom. The van der Waals surface area contributed by atoms with Crippen molar-refractivity contribution in [2.45, 2.75) is 20.8 Å². The number of carboxylic acids is 1. The van der Waals surface area contributed by atoms with E-state index in [1.165, 1.54) is 13.8 Å². The molecule has 3 N–H and O–H groups in total. The van der Waals surface area contributed by atoms with Gasteiger partial charge >= 0.3 is 12.0 Å². The highest BCUT2D eigenvalue weighted by molar-refractivity contribution is 6.36. The van der Waals surface area contributed by atoms with Crippen molar-refractivity contribution in [3.63, 3.8) is 0 Å². The molecule has 1 rings (SSSR count). The zero-order valence-corrected chi connectivity index (χ0v) is 12.9. The van der Waals surface area contributed by atoms with E-state index in [1.807, 2.05) is 0 Å². The van der Waals surface area contributed by atoms with Gasteiger partial charge in [0.25, 0.3) is 0 Å². The maximum atomic E-state index is 11.7. The second-order valence-corrected chi connectivity index (χ2v) is 5.89. The molecule has 7 heteroatoms. The first kappa shape index (κ1) is 16.6. The van der Waals surface area contributed by atoms with E-state index in [9.17, 15) is 9.59 Å². The number of halogens is 2. The number of aryl methyl sites for hydroxylation is 1. The molecule has 0 spiro atoms. The summed E-state index contributed by atoms with van der Waals surface area (Å²) in [5, 5.41) is 14.8. The molecular weight excluding hydrogens is 303 g/mol. The Hall–Kier alpha value is -1.46. The van der Waals surface area contributed by atoms with Crippen LogP contribution in [0.5, 0.6) is 0 Å². The van der Waals surface area contributed by atoms with Crippen LogP contribution < -0.4 is 10.6 Å². The Kier molecular flexibility index (Phi) is 5.25. The number of aliphatic carboxylic acids is 1. The molecule has 0 aliphatic carbocycles. The number of benzene rings is 1. The Bertz CT molecular complexity index is 545. The average molecular weight is 319 g/mol. The van der Waals surface area contributed by atoms with E-state index in [2.05, 4.69) is 10.6 Å². The minimum Gasteiger partial charge on any atom is -0.481 e. The van der Waals surface area contributed by atoms with Crippen molar-refractivity contribution in [3.05, 3.63) is 27.7 Å². The molecule has 0 heterocycles. The van der Waals surface area contributed by atoms with Crippen molar-refractivity contribution in [1.82, 2.24) is 5.32 Å². The van der Waals surface area contributed by atoms with E-state index >= 15 is 0 Å². The fraction of sp³-hybridized carbons (Fsp3) is 0.385. The molecule has 0 aliphatic rings. The molecule has 0 saturated carbocycles. The van der Waals surface area contributed by atoms with Crippen LogP contribution >= 0.6 is 23.2 Å². The van der Waals surface area contributed by atoms with Gasteiger partial charge in [0, 0.05) is 11.6 Å². The third-order valence-electron chi connectivity index (χ3n) is 2.77. The number of hydrogen-bond donors (Lipinski definition) is 3. The second-order valence-electron chi connectivity index (χ2n) is 5.08. The second kappa shape index (κ2) is 6.33. The highest BCUT2D eigenvalue weighted by atomic mass is 35.5. The smallest absolute Gasteiger partial charge is 0.319 e. The van der Waals surface area contributed by atoms with Gasteiger partial charge in [-0.3, -0.25) is 4.79 Å². The number of rotatable bonds is 4. The van der Waals surface area contributed by atoms with Crippen molar-refractivity contribution < 1.29 is 14.7 Å². The molecule has 20 heavy (non-hydrogen) atoms. The summed E-state index contributed by atoms with van der Waals surface area (Å²) in [7, 11) is 0. The van der Waals surface area contributed by atoms with Gasteiger partial charge in [0.2, 0.25) is 0 Å². The molecule has 0 fully saturated rings. The van der Waals surface area contributed by atoms with Crippen LogP contribution in [0.25, 0.3) is 0 Å². The SMILES string of the molecule is Cc1cc(Cl)c(NC(=O)NCC(C)(C)C(=O)O)cc1Cl. The summed E-state index contributed by atoms with van der Waals surface area (Å²) in [6.45, 7) is 4.83. The van der Waals surface area contributed by atoms with Gasteiger partial charge in [0.05, 0.1) is 16.1 Å². The van der Waals surface area contributed by atoms with Gasteiger partial charge < -0.3 is 15.7 Å². The molecule has 2 amide bonds. The molecule has 0 aliphatic heterocycles. The van der Waals surface area contributed by atoms with Crippen LogP contribution in [0.4, 0.5) is 10.5 Å². The molecule has 5 nitrogen and oxygen atoms in total. The van der Waals surface area contributed by atoms with Gasteiger partial charge in [-0.25, -0.2) is 4.79 Å². The number of carbonyl (C=O) groups excluding carboxylic acids is 1. The molecule has 0 saturated heterocycles. The maximum Gasteiger partial charge on any atom is 0.319 e. The van der Waals surface area contributed by atoms with Gasteiger partial charge in [-0.05, 0) is 38.5 Å². The third-order valence-corrected chi connectivity index (χ3v) is 3.49. The van der Waals surface area contributed by atoms with E-state index in [4.69, 9.17) is 28.3 Å². The minimum absolute atomic E-state index is 0.00855. The third kappa shape index (κ3) is 4.28. The number of urea groups is 1. The lowest BCUT2D eigenvalue weighted by Crippen LogP contribution is -2.40. The lowest BCUT2D eigenvalue weighted by atomic mass is 9.94. The van der Waals surface area contributed by atoms with Crippen LogP contribution in [0.15, 0.2) is 12.1 Å². The van der Waals surface area contributed by atoms with Gasteiger partial charge in [0.15, 0.2) is 0 Å². The van der Waals surface area contributed by atoms with Crippen LogP contribution in [-0.2, 0) is 4.79 Å². The molecule has 0 atom stereocenters. The summed E-state index contributed by atoms with van der Waals surface area (Å²) in [5.74, 6) is -0.991. The predicted molar refractivity (Wildman–Crippen MR) is 79.6 cm³/mol. The van der Waals surface area contributed by atoms with Crippen LogP contribution in [0.3, 0.4) is 0 Å². The first-order chi connectivity index (χ1) is 9.13. The highest BCUT2D eigenvalue weighted by Crippen LogP contribution is 2.28. The number of anilines is 1. The fourth-order valence-electron chi connectivity index (χ4n) is 1.29. The molecule has 1 aromatic carbocycles. The van der Waals surface area contributed by atoms with Crippen molar-refractivity contribution in [1.29, 1.82) is 0 Å². The average Bonchev–Trinajstić information content (AvgIpc) is 2.33. The zero-order valence-electron chi connectivity index (χ0n) is 11.4. The Morgan fingerprint density at radius 3 is 2.40 bits per heavy atom. The largest absolute Gasteiger partial charge is 0.481 e. The topological polar surface area (TPSA) is 78.4 Å². The van der Waals surface area contributed by atoms with E-state index in [0.717, 1.165) is 5.56 Å². The maximum absolute atomic E-state index is 11.7. The highest BCUT2D eigenvalue weighted by Gasteiger charge is 2.27. The molecule has 110 valence electrons. The fourth-order valence-corrected chi connectivity index (χ4v) is 1.71. The number of amides is 2. The van der Waals surface area contributed by atoms with Crippen molar-refractivity contribution in [2.24, 2.45) is 5.41 Å². The lowest BCUT2D eigenvalue weighted by molar-refractivity contribution is -0.146. The lowest BCUT2D eigenvalue weighted by Gasteiger charge is -2.19. The Labute approximate surface area is 127 Å². The monoisotopic (exact) mass is 318 g/mol. The van der Waals surface area contributed by atoms with Crippen LogP contribution in [0.2, 0.25) is 10.0 Å². The summed E-state index contributed by atoms with van der Waals surface area (Å²) in [4.78, 5) is 22.6. The van der Waals surface area contributed by atoms with Crippen molar-refractivity contribution >= 4 is 40.9 Å². The summed E-state index contributed by atoms with van der Waals surface area (Å²) in [6, 6.07) is 2.64. The first-order valence-corrected chi connectivity index (χ1v) is 6.63. The zero-order chi connectivity index (χ0) is 15.5. The quantitative estimate of drug-likeness (QED) is 0.794. The summed E-state index contributed by atoms with van der Waals surface area (Å²) in [5.41, 5.74) is 0.119. The van der Waals surface area contributed by atoms with Crippen LogP contribution in [0.1, 0.15) is 19.4 Å². The molecule has 0 radical (unpaired) electrons. The molecule has 0 bridgehead atoms. The van der Waals surface area contributed by atoms with Crippen molar-refractivity contribution in [3.8, 4) is 0 Å². The summed E-state index contributed by atoms with van der Waals surface area (Å²) >= 11 is 11.9. The van der Waals surface area contributed by atoms with Crippen LogP contribution in [-0.4, -0.2) is 23.7 Å². The van der Waals surface area contributed by atoms with E-state index in [-0.39, 0.29) is 6.54 Å². The van der Waals surface area contributed by atoms with E-state index < -0.39 is 17.4 Å².